The second kappa shape index (κ2) is 6.51. The van der Waals surface area contributed by atoms with Crippen molar-refractivity contribution in [2.75, 3.05) is 25.1 Å². The average molecular weight is 335 g/mol. The smallest absolute Gasteiger partial charge is 0.191 e. The molecule has 1 heterocycles. The van der Waals surface area contributed by atoms with Crippen molar-refractivity contribution in [1.29, 1.82) is 0 Å². The van der Waals surface area contributed by atoms with Gasteiger partial charge in [0.25, 0.3) is 0 Å². The molecule has 1 saturated heterocycles. The minimum Gasteiger partial charge on any atom is -0.356 e. The van der Waals surface area contributed by atoms with E-state index in [0.717, 1.165) is 6.54 Å². The lowest BCUT2D eigenvalue weighted by molar-refractivity contribution is 0.243. The molecule has 0 bridgehead atoms. The lowest BCUT2D eigenvalue weighted by Gasteiger charge is -2.43. The van der Waals surface area contributed by atoms with E-state index in [1.807, 2.05) is 6.07 Å². The van der Waals surface area contributed by atoms with Crippen LogP contribution in [-0.4, -0.2) is 45.5 Å². The molecule has 0 amide bonds. The highest BCUT2D eigenvalue weighted by Crippen LogP contribution is 2.43. The SMILES string of the molecule is CN=C(NCC1(c2ccccc2)CCC1)NC1CCS(=O)(=O)C1. The Balaban J connectivity index is 1.60. The van der Waals surface area contributed by atoms with E-state index >= 15 is 0 Å². The molecule has 0 aromatic heterocycles. The minimum absolute atomic E-state index is 0.0275. The van der Waals surface area contributed by atoms with Crippen molar-refractivity contribution in [3.8, 4) is 0 Å². The summed E-state index contributed by atoms with van der Waals surface area (Å²) in [7, 11) is -1.14. The number of guanidine groups is 1. The minimum atomic E-state index is -2.87. The van der Waals surface area contributed by atoms with Gasteiger partial charge >= 0.3 is 0 Å². The zero-order valence-electron chi connectivity index (χ0n) is 13.6. The normalized spacial score (nSPS) is 25.6. The molecule has 1 atom stereocenters. The quantitative estimate of drug-likeness (QED) is 0.646. The third-order valence-electron chi connectivity index (χ3n) is 5.09. The summed E-state index contributed by atoms with van der Waals surface area (Å²) in [6.07, 6.45) is 4.27. The zero-order valence-corrected chi connectivity index (χ0v) is 14.4. The first-order chi connectivity index (χ1) is 11.0. The first-order valence-corrected chi connectivity index (χ1v) is 10.1. The van der Waals surface area contributed by atoms with Crippen LogP contribution >= 0.6 is 0 Å². The molecule has 6 heteroatoms. The van der Waals surface area contributed by atoms with Crippen LogP contribution in [0.1, 0.15) is 31.2 Å². The summed E-state index contributed by atoms with van der Waals surface area (Å²) in [5.74, 6) is 1.18. The van der Waals surface area contributed by atoms with Crippen molar-refractivity contribution >= 4 is 15.8 Å². The van der Waals surface area contributed by atoms with E-state index in [1.54, 1.807) is 7.05 Å². The Bertz CT molecular complexity index is 666. The maximum atomic E-state index is 11.6. The Morgan fingerprint density at radius 1 is 1.30 bits per heavy atom. The van der Waals surface area contributed by atoms with Gasteiger partial charge in [-0.05, 0) is 24.8 Å². The molecule has 5 nitrogen and oxygen atoms in total. The van der Waals surface area contributed by atoms with Crippen molar-refractivity contribution in [3.05, 3.63) is 35.9 Å². The monoisotopic (exact) mass is 335 g/mol. The van der Waals surface area contributed by atoms with E-state index in [4.69, 9.17) is 0 Å². The third-order valence-corrected chi connectivity index (χ3v) is 6.86. The second-order valence-corrected chi connectivity index (χ2v) is 8.90. The van der Waals surface area contributed by atoms with Crippen molar-refractivity contribution in [2.24, 2.45) is 4.99 Å². The first-order valence-electron chi connectivity index (χ1n) is 8.26. The van der Waals surface area contributed by atoms with Crippen LogP contribution in [0.5, 0.6) is 0 Å². The molecule has 1 unspecified atom stereocenters. The van der Waals surface area contributed by atoms with E-state index < -0.39 is 9.84 Å². The van der Waals surface area contributed by atoms with Gasteiger partial charge in [-0.25, -0.2) is 8.42 Å². The summed E-state index contributed by atoms with van der Waals surface area (Å²) in [6, 6.07) is 10.6. The summed E-state index contributed by atoms with van der Waals surface area (Å²) < 4.78 is 23.1. The van der Waals surface area contributed by atoms with E-state index in [9.17, 15) is 8.42 Å². The van der Waals surface area contributed by atoms with E-state index in [1.165, 1.54) is 24.8 Å². The summed E-state index contributed by atoms with van der Waals surface area (Å²) >= 11 is 0. The van der Waals surface area contributed by atoms with Crippen molar-refractivity contribution < 1.29 is 8.42 Å². The molecule has 0 radical (unpaired) electrons. The molecule has 1 aromatic carbocycles. The lowest BCUT2D eigenvalue weighted by atomic mass is 9.64. The molecule has 1 aliphatic heterocycles. The first kappa shape index (κ1) is 16.3. The van der Waals surface area contributed by atoms with Crippen molar-refractivity contribution in [1.82, 2.24) is 10.6 Å². The van der Waals surface area contributed by atoms with Crippen LogP contribution in [0.2, 0.25) is 0 Å². The van der Waals surface area contributed by atoms with Crippen LogP contribution in [0.25, 0.3) is 0 Å². The Labute approximate surface area is 138 Å². The highest BCUT2D eigenvalue weighted by Gasteiger charge is 2.38. The largest absolute Gasteiger partial charge is 0.356 e. The number of nitrogens with zero attached hydrogens (tertiary/aromatic N) is 1. The van der Waals surface area contributed by atoms with E-state index in [-0.39, 0.29) is 23.0 Å². The molecule has 3 rings (SSSR count). The number of hydrogen-bond acceptors (Lipinski definition) is 3. The van der Waals surface area contributed by atoms with Gasteiger partial charge in [-0.3, -0.25) is 4.99 Å². The second-order valence-electron chi connectivity index (χ2n) is 6.67. The average Bonchev–Trinajstić information content (AvgIpc) is 2.85. The molecular weight excluding hydrogens is 310 g/mol. The van der Waals surface area contributed by atoms with Crippen LogP contribution in [0, 0.1) is 0 Å². The van der Waals surface area contributed by atoms with Crippen LogP contribution in [0.3, 0.4) is 0 Å². The van der Waals surface area contributed by atoms with Gasteiger partial charge in [0.05, 0.1) is 11.5 Å². The van der Waals surface area contributed by atoms with Gasteiger partial charge < -0.3 is 10.6 Å². The number of nitrogens with one attached hydrogen (secondary N) is 2. The maximum absolute atomic E-state index is 11.6. The fraction of sp³-hybridized carbons (Fsp3) is 0.588. The molecular formula is C17H25N3O2S. The van der Waals surface area contributed by atoms with Crippen molar-refractivity contribution in [3.63, 3.8) is 0 Å². The third kappa shape index (κ3) is 3.68. The standard InChI is InChI=1S/C17H25N3O2S/c1-18-16(20-15-8-11-23(21,22)12-15)19-13-17(9-5-10-17)14-6-3-2-4-7-14/h2-4,6-7,15H,5,8-13H2,1H3,(H2,18,19,20). The molecule has 0 spiro atoms. The molecule has 126 valence electrons. The Kier molecular flexibility index (Phi) is 4.62. The van der Waals surface area contributed by atoms with Gasteiger partial charge in [0.2, 0.25) is 0 Å². The molecule has 1 aliphatic carbocycles. The summed E-state index contributed by atoms with van der Waals surface area (Å²) in [6.45, 7) is 0.830. The molecule has 1 saturated carbocycles. The predicted molar refractivity (Wildman–Crippen MR) is 93.5 cm³/mol. The number of benzene rings is 1. The van der Waals surface area contributed by atoms with Gasteiger partial charge in [-0.2, -0.15) is 0 Å². The van der Waals surface area contributed by atoms with Crippen LogP contribution in [0.15, 0.2) is 35.3 Å². The number of sulfone groups is 1. The highest BCUT2D eigenvalue weighted by atomic mass is 32.2. The van der Waals surface area contributed by atoms with Crippen LogP contribution < -0.4 is 10.6 Å². The zero-order chi connectivity index (χ0) is 16.3. The Morgan fingerprint density at radius 2 is 2.04 bits per heavy atom. The fourth-order valence-corrected chi connectivity index (χ4v) is 5.19. The topological polar surface area (TPSA) is 70.6 Å². The fourth-order valence-electron chi connectivity index (χ4n) is 3.51. The van der Waals surface area contributed by atoms with Crippen LogP contribution in [0.4, 0.5) is 0 Å². The predicted octanol–water partition coefficient (Wildman–Crippen LogP) is 1.46. The van der Waals surface area contributed by atoms with Gasteiger partial charge in [0.1, 0.15) is 0 Å². The van der Waals surface area contributed by atoms with E-state index in [2.05, 4.69) is 39.9 Å². The Hall–Kier alpha value is -1.56. The molecule has 1 aromatic rings. The molecule has 2 fully saturated rings. The van der Waals surface area contributed by atoms with Crippen molar-refractivity contribution in [2.45, 2.75) is 37.1 Å². The number of rotatable bonds is 4. The lowest BCUT2D eigenvalue weighted by Crippen LogP contribution is -2.51. The summed E-state index contributed by atoms with van der Waals surface area (Å²) in [5, 5.41) is 6.66. The van der Waals surface area contributed by atoms with Gasteiger partial charge in [0, 0.05) is 25.0 Å². The number of aliphatic imine (C=N–C) groups is 1. The Morgan fingerprint density at radius 3 is 2.57 bits per heavy atom. The highest BCUT2D eigenvalue weighted by molar-refractivity contribution is 7.91. The maximum Gasteiger partial charge on any atom is 0.191 e. The molecule has 2 aliphatic rings. The molecule has 2 N–H and O–H groups in total. The van der Waals surface area contributed by atoms with E-state index in [0.29, 0.717) is 12.4 Å². The summed E-state index contributed by atoms with van der Waals surface area (Å²) in [4.78, 5) is 4.25. The molecule has 23 heavy (non-hydrogen) atoms. The van der Waals surface area contributed by atoms with Gasteiger partial charge in [-0.15, -0.1) is 0 Å². The van der Waals surface area contributed by atoms with Gasteiger partial charge in [-0.1, -0.05) is 36.8 Å². The van der Waals surface area contributed by atoms with Gasteiger partial charge in [0.15, 0.2) is 15.8 Å². The number of hydrogen-bond donors (Lipinski definition) is 2. The summed E-state index contributed by atoms with van der Waals surface area (Å²) in [5.41, 5.74) is 1.55. The van der Waals surface area contributed by atoms with Crippen LogP contribution in [-0.2, 0) is 15.3 Å².